The maximum absolute atomic E-state index is 5.97. The molecule has 3 nitrogen and oxygen atoms in total. The average molecular weight is 265 g/mol. The molecule has 2 N–H and O–H groups in total. The predicted octanol–water partition coefficient (Wildman–Crippen LogP) is 1.78. The van der Waals surface area contributed by atoms with Crippen molar-refractivity contribution in [2.75, 3.05) is 39.3 Å². The normalized spacial score (nSPS) is 24.3. The molecule has 0 aromatic carbocycles. The van der Waals surface area contributed by atoms with E-state index < -0.39 is 0 Å². The molecule has 4 heteroatoms. The molecule has 2 aliphatic rings. The SMILES string of the molecule is NCC(c1cccs1)N1CCN(CC2CC2)CC1. The van der Waals surface area contributed by atoms with E-state index in [0.717, 1.165) is 12.5 Å². The zero-order chi connectivity index (χ0) is 12.4. The highest BCUT2D eigenvalue weighted by Gasteiger charge is 2.28. The van der Waals surface area contributed by atoms with Crippen LogP contribution >= 0.6 is 11.3 Å². The van der Waals surface area contributed by atoms with Crippen LogP contribution in [0.2, 0.25) is 0 Å². The predicted molar refractivity (Wildman–Crippen MR) is 76.9 cm³/mol. The highest BCUT2D eigenvalue weighted by Crippen LogP contribution is 2.31. The van der Waals surface area contributed by atoms with E-state index in [9.17, 15) is 0 Å². The number of piperazine rings is 1. The third kappa shape index (κ3) is 2.94. The van der Waals surface area contributed by atoms with E-state index in [4.69, 9.17) is 5.73 Å². The van der Waals surface area contributed by atoms with Gasteiger partial charge in [-0.25, -0.2) is 0 Å². The van der Waals surface area contributed by atoms with Crippen molar-refractivity contribution < 1.29 is 0 Å². The summed E-state index contributed by atoms with van der Waals surface area (Å²) < 4.78 is 0. The van der Waals surface area contributed by atoms with Gasteiger partial charge < -0.3 is 10.6 Å². The Kier molecular flexibility index (Phi) is 3.99. The minimum absolute atomic E-state index is 0.438. The summed E-state index contributed by atoms with van der Waals surface area (Å²) in [6.07, 6.45) is 2.92. The van der Waals surface area contributed by atoms with E-state index in [0.29, 0.717) is 6.04 Å². The molecule has 0 amide bonds. The van der Waals surface area contributed by atoms with Crippen molar-refractivity contribution in [3.05, 3.63) is 22.4 Å². The van der Waals surface area contributed by atoms with Crippen LogP contribution in [-0.4, -0.2) is 49.1 Å². The van der Waals surface area contributed by atoms with E-state index in [1.807, 2.05) is 11.3 Å². The number of hydrogen-bond acceptors (Lipinski definition) is 4. The van der Waals surface area contributed by atoms with E-state index >= 15 is 0 Å². The van der Waals surface area contributed by atoms with Crippen LogP contribution in [-0.2, 0) is 0 Å². The third-order valence-electron chi connectivity index (χ3n) is 4.16. The first-order valence-corrected chi connectivity index (χ1v) is 7.94. The number of nitrogens with two attached hydrogens (primary N) is 1. The molecule has 1 atom stereocenters. The lowest BCUT2D eigenvalue weighted by Gasteiger charge is -2.38. The first-order chi connectivity index (χ1) is 8.86. The summed E-state index contributed by atoms with van der Waals surface area (Å²) in [4.78, 5) is 6.62. The Bertz CT molecular complexity index is 353. The highest BCUT2D eigenvalue weighted by molar-refractivity contribution is 7.10. The Hall–Kier alpha value is -0.420. The fourth-order valence-electron chi connectivity index (χ4n) is 2.85. The number of hydrogen-bond donors (Lipinski definition) is 1. The standard InChI is InChI=1S/C14H23N3S/c15-10-13(14-2-1-9-18-14)17-7-5-16(6-8-17)11-12-3-4-12/h1-2,9,12-13H,3-8,10-11,15H2. The zero-order valence-corrected chi connectivity index (χ0v) is 11.7. The van der Waals surface area contributed by atoms with Gasteiger partial charge in [-0.05, 0) is 30.2 Å². The van der Waals surface area contributed by atoms with E-state index in [-0.39, 0.29) is 0 Å². The third-order valence-corrected chi connectivity index (χ3v) is 5.13. The van der Waals surface area contributed by atoms with Gasteiger partial charge in [-0.2, -0.15) is 0 Å². The van der Waals surface area contributed by atoms with Gasteiger partial charge in [-0.15, -0.1) is 11.3 Å². The lowest BCUT2D eigenvalue weighted by atomic mass is 10.1. The Morgan fingerprint density at radius 2 is 2.06 bits per heavy atom. The molecule has 1 aromatic heterocycles. The van der Waals surface area contributed by atoms with Gasteiger partial charge in [0, 0.05) is 44.1 Å². The average Bonchev–Trinajstić information content (AvgIpc) is 3.05. The Morgan fingerprint density at radius 1 is 1.28 bits per heavy atom. The molecule has 0 radical (unpaired) electrons. The smallest absolute Gasteiger partial charge is 0.0565 e. The van der Waals surface area contributed by atoms with Crippen molar-refractivity contribution in [3.63, 3.8) is 0 Å². The number of thiophene rings is 1. The fourth-order valence-corrected chi connectivity index (χ4v) is 3.72. The molecule has 0 spiro atoms. The molecule has 3 rings (SSSR count). The van der Waals surface area contributed by atoms with Gasteiger partial charge in [-0.3, -0.25) is 4.90 Å². The first kappa shape index (κ1) is 12.6. The second-order valence-corrected chi connectivity index (χ2v) is 6.53. The van der Waals surface area contributed by atoms with Gasteiger partial charge in [0.05, 0.1) is 6.04 Å². The van der Waals surface area contributed by atoms with Gasteiger partial charge in [0.1, 0.15) is 0 Å². The van der Waals surface area contributed by atoms with Crippen LogP contribution < -0.4 is 5.73 Å². The number of rotatable bonds is 5. The van der Waals surface area contributed by atoms with Crippen LogP contribution in [0, 0.1) is 5.92 Å². The van der Waals surface area contributed by atoms with Gasteiger partial charge in [0.15, 0.2) is 0 Å². The molecule has 100 valence electrons. The van der Waals surface area contributed by atoms with Crippen molar-refractivity contribution in [1.29, 1.82) is 0 Å². The zero-order valence-electron chi connectivity index (χ0n) is 10.9. The van der Waals surface area contributed by atoms with Gasteiger partial charge in [0.25, 0.3) is 0 Å². The molecule has 1 unspecified atom stereocenters. The van der Waals surface area contributed by atoms with Crippen molar-refractivity contribution in [1.82, 2.24) is 9.80 Å². The van der Waals surface area contributed by atoms with E-state index in [2.05, 4.69) is 27.3 Å². The van der Waals surface area contributed by atoms with Crippen molar-refractivity contribution in [2.24, 2.45) is 11.7 Å². The molecule has 1 aromatic rings. The van der Waals surface area contributed by atoms with Crippen molar-refractivity contribution in [3.8, 4) is 0 Å². The topological polar surface area (TPSA) is 32.5 Å². The maximum atomic E-state index is 5.97. The minimum atomic E-state index is 0.438. The van der Waals surface area contributed by atoms with E-state index in [1.54, 1.807) is 0 Å². The van der Waals surface area contributed by atoms with Crippen LogP contribution in [0.4, 0.5) is 0 Å². The van der Waals surface area contributed by atoms with Gasteiger partial charge >= 0.3 is 0 Å². The molecule has 1 saturated heterocycles. The molecular formula is C14H23N3S. The Labute approximate surface area is 114 Å². The summed E-state index contributed by atoms with van der Waals surface area (Å²) in [5, 5.41) is 2.15. The van der Waals surface area contributed by atoms with Crippen LogP contribution in [0.15, 0.2) is 17.5 Å². The minimum Gasteiger partial charge on any atom is -0.329 e. The molecule has 1 aliphatic carbocycles. The van der Waals surface area contributed by atoms with Gasteiger partial charge in [-0.1, -0.05) is 6.07 Å². The van der Waals surface area contributed by atoms with Crippen LogP contribution in [0.5, 0.6) is 0 Å². The monoisotopic (exact) mass is 265 g/mol. The summed E-state index contributed by atoms with van der Waals surface area (Å²) in [5.41, 5.74) is 5.97. The van der Waals surface area contributed by atoms with Crippen LogP contribution in [0.3, 0.4) is 0 Å². The molecule has 1 saturated carbocycles. The Balaban J connectivity index is 1.54. The lowest BCUT2D eigenvalue weighted by Crippen LogP contribution is -2.49. The molecule has 2 fully saturated rings. The second kappa shape index (κ2) is 5.70. The fraction of sp³-hybridized carbons (Fsp3) is 0.714. The maximum Gasteiger partial charge on any atom is 0.0565 e. The summed E-state index contributed by atoms with van der Waals surface area (Å²) >= 11 is 1.84. The summed E-state index contributed by atoms with van der Waals surface area (Å²) in [5.74, 6) is 1.01. The lowest BCUT2D eigenvalue weighted by molar-refractivity contribution is 0.0968. The van der Waals surface area contributed by atoms with Gasteiger partial charge in [0.2, 0.25) is 0 Å². The van der Waals surface area contributed by atoms with E-state index in [1.165, 1.54) is 50.4 Å². The Morgan fingerprint density at radius 3 is 2.61 bits per heavy atom. The molecular weight excluding hydrogens is 242 g/mol. The highest BCUT2D eigenvalue weighted by atomic mass is 32.1. The van der Waals surface area contributed by atoms with Crippen molar-refractivity contribution >= 4 is 11.3 Å². The second-order valence-electron chi connectivity index (χ2n) is 5.55. The quantitative estimate of drug-likeness (QED) is 0.881. The van der Waals surface area contributed by atoms with Crippen LogP contribution in [0.25, 0.3) is 0 Å². The first-order valence-electron chi connectivity index (χ1n) is 7.06. The molecule has 18 heavy (non-hydrogen) atoms. The summed E-state index contributed by atoms with van der Waals surface area (Å²) in [6.45, 7) is 6.86. The summed E-state index contributed by atoms with van der Waals surface area (Å²) in [7, 11) is 0. The van der Waals surface area contributed by atoms with Crippen LogP contribution in [0.1, 0.15) is 23.8 Å². The number of nitrogens with zero attached hydrogens (tertiary/aromatic N) is 2. The molecule has 2 heterocycles. The largest absolute Gasteiger partial charge is 0.329 e. The molecule has 1 aliphatic heterocycles. The molecule has 0 bridgehead atoms. The summed E-state index contributed by atoms with van der Waals surface area (Å²) in [6, 6.07) is 4.79. The van der Waals surface area contributed by atoms with Crippen molar-refractivity contribution in [2.45, 2.75) is 18.9 Å².